The molecule has 0 aliphatic rings. The van der Waals surface area contributed by atoms with Crippen LogP contribution in [0, 0.1) is 0 Å². The van der Waals surface area contributed by atoms with Crippen molar-refractivity contribution in [2.24, 2.45) is 0 Å². The van der Waals surface area contributed by atoms with Gasteiger partial charge in [0.1, 0.15) is 6.10 Å². The van der Waals surface area contributed by atoms with Crippen LogP contribution < -0.4 is 0 Å². The van der Waals surface area contributed by atoms with Crippen LogP contribution in [0.5, 0.6) is 0 Å². The lowest BCUT2D eigenvalue weighted by molar-refractivity contribution is -0.147. The predicted octanol–water partition coefficient (Wildman–Crippen LogP) is 5.74. The topological polar surface area (TPSA) is 52.6 Å². The Labute approximate surface area is 154 Å². The van der Waals surface area contributed by atoms with Crippen molar-refractivity contribution in [2.45, 2.75) is 111 Å². The zero-order valence-corrected chi connectivity index (χ0v) is 16.7. The van der Waals surface area contributed by atoms with Crippen molar-refractivity contribution in [3.63, 3.8) is 0 Å². The van der Waals surface area contributed by atoms with Crippen molar-refractivity contribution in [1.82, 2.24) is 0 Å². The predicted molar refractivity (Wildman–Crippen MR) is 102 cm³/mol. The Morgan fingerprint density at radius 2 is 1.36 bits per heavy atom. The fourth-order valence-corrected chi connectivity index (χ4v) is 2.90. The summed E-state index contributed by atoms with van der Waals surface area (Å²) in [5, 5.41) is 0. The van der Waals surface area contributed by atoms with E-state index in [1.807, 2.05) is 6.92 Å². The first-order valence-electron chi connectivity index (χ1n) is 9.95. The van der Waals surface area contributed by atoms with Gasteiger partial charge in [0.25, 0.3) is 0 Å². The van der Waals surface area contributed by atoms with E-state index in [4.69, 9.17) is 9.47 Å². The van der Waals surface area contributed by atoms with Crippen LogP contribution in [0.1, 0.15) is 98.3 Å². The molecular weight excluding hydrogens is 316 g/mol. The number of allylic oxidation sites excluding steroid dienone is 2. The molecule has 0 aliphatic heterocycles. The molecule has 0 radical (unpaired) electrons. The lowest BCUT2D eigenvalue weighted by atomic mass is 10.1. The van der Waals surface area contributed by atoms with E-state index >= 15 is 0 Å². The maximum Gasteiger partial charge on any atom is 0.302 e. The molecule has 0 heterocycles. The Balaban J connectivity index is 3.51. The highest BCUT2D eigenvalue weighted by Crippen LogP contribution is 2.13. The molecule has 2 atom stereocenters. The third-order valence-corrected chi connectivity index (χ3v) is 4.11. The number of hydrogen-bond donors (Lipinski definition) is 0. The zero-order chi connectivity index (χ0) is 18.9. The van der Waals surface area contributed by atoms with E-state index in [-0.39, 0.29) is 24.1 Å². The van der Waals surface area contributed by atoms with Crippen molar-refractivity contribution in [2.75, 3.05) is 0 Å². The molecule has 25 heavy (non-hydrogen) atoms. The second-order valence-corrected chi connectivity index (χ2v) is 6.83. The maximum atomic E-state index is 11.0. The van der Waals surface area contributed by atoms with Gasteiger partial charge < -0.3 is 9.47 Å². The third kappa shape index (κ3) is 17.3. The molecule has 0 aromatic rings. The SMILES string of the molecule is CCC[C@H](CCCC/C=C\CCCCC[C@@H](C)OC(C)=O)OC(C)=O. The Morgan fingerprint density at radius 3 is 1.92 bits per heavy atom. The van der Waals surface area contributed by atoms with Crippen LogP contribution in [0.4, 0.5) is 0 Å². The molecule has 0 aromatic heterocycles. The summed E-state index contributed by atoms with van der Waals surface area (Å²) in [5.41, 5.74) is 0. The van der Waals surface area contributed by atoms with Crippen molar-refractivity contribution >= 4 is 11.9 Å². The molecule has 146 valence electrons. The van der Waals surface area contributed by atoms with Crippen LogP contribution in [0.15, 0.2) is 12.2 Å². The van der Waals surface area contributed by atoms with Crippen LogP contribution in [-0.4, -0.2) is 24.1 Å². The molecule has 0 aliphatic carbocycles. The van der Waals surface area contributed by atoms with E-state index in [2.05, 4.69) is 19.1 Å². The number of unbranched alkanes of at least 4 members (excludes halogenated alkanes) is 5. The second-order valence-electron chi connectivity index (χ2n) is 6.83. The van der Waals surface area contributed by atoms with E-state index in [9.17, 15) is 9.59 Å². The van der Waals surface area contributed by atoms with E-state index in [0.29, 0.717) is 0 Å². The van der Waals surface area contributed by atoms with E-state index in [1.54, 1.807) is 0 Å². The minimum atomic E-state index is -0.190. The van der Waals surface area contributed by atoms with Crippen LogP contribution in [0.2, 0.25) is 0 Å². The summed E-state index contributed by atoms with van der Waals surface area (Å²) < 4.78 is 10.4. The van der Waals surface area contributed by atoms with Crippen molar-refractivity contribution in [1.29, 1.82) is 0 Å². The summed E-state index contributed by atoms with van der Waals surface area (Å²) in [4.78, 5) is 21.8. The lowest BCUT2D eigenvalue weighted by Gasteiger charge is -2.15. The highest BCUT2D eigenvalue weighted by Gasteiger charge is 2.10. The fourth-order valence-electron chi connectivity index (χ4n) is 2.90. The summed E-state index contributed by atoms with van der Waals surface area (Å²) in [5.74, 6) is -0.357. The summed E-state index contributed by atoms with van der Waals surface area (Å²) in [6.45, 7) is 7.02. The number of carbonyl (C=O) groups is 2. The average molecular weight is 355 g/mol. The average Bonchev–Trinajstić information content (AvgIpc) is 2.51. The molecule has 0 rings (SSSR count). The Bertz CT molecular complexity index is 376. The van der Waals surface area contributed by atoms with Gasteiger partial charge in [0, 0.05) is 13.8 Å². The van der Waals surface area contributed by atoms with Gasteiger partial charge in [-0.25, -0.2) is 0 Å². The highest BCUT2D eigenvalue weighted by atomic mass is 16.5. The molecule has 0 aromatic carbocycles. The Kier molecular flexibility index (Phi) is 15.3. The summed E-state index contributed by atoms with van der Waals surface area (Å²) >= 11 is 0. The zero-order valence-electron chi connectivity index (χ0n) is 16.7. The van der Waals surface area contributed by atoms with Crippen LogP contribution in [-0.2, 0) is 19.1 Å². The molecule has 0 spiro atoms. The number of ether oxygens (including phenoxy) is 2. The first kappa shape index (κ1) is 23.7. The van der Waals surface area contributed by atoms with Gasteiger partial charge in [-0.1, -0.05) is 31.9 Å². The van der Waals surface area contributed by atoms with Gasteiger partial charge >= 0.3 is 11.9 Å². The van der Waals surface area contributed by atoms with Crippen molar-refractivity contribution in [3.05, 3.63) is 12.2 Å². The van der Waals surface area contributed by atoms with Gasteiger partial charge in [-0.05, 0) is 64.7 Å². The number of esters is 2. The molecular formula is C21H38O4. The highest BCUT2D eigenvalue weighted by molar-refractivity contribution is 5.66. The lowest BCUT2D eigenvalue weighted by Crippen LogP contribution is -2.15. The molecule has 0 N–H and O–H groups in total. The quantitative estimate of drug-likeness (QED) is 0.214. The van der Waals surface area contributed by atoms with Crippen LogP contribution in [0.25, 0.3) is 0 Å². The van der Waals surface area contributed by atoms with Crippen molar-refractivity contribution in [3.8, 4) is 0 Å². The second kappa shape index (κ2) is 16.2. The molecule has 4 nitrogen and oxygen atoms in total. The minimum Gasteiger partial charge on any atom is -0.463 e. The first-order chi connectivity index (χ1) is 12.0. The van der Waals surface area contributed by atoms with Crippen LogP contribution >= 0.6 is 0 Å². The molecule has 4 heteroatoms. The molecule has 0 saturated carbocycles. The monoisotopic (exact) mass is 354 g/mol. The van der Waals surface area contributed by atoms with E-state index in [0.717, 1.165) is 57.8 Å². The first-order valence-corrected chi connectivity index (χ1v) is 9.95. The molecule has 0 unspecified atom stereocenters. The number of carbonyl (C=O) groups excluding carboxylic acids is 2. The molecule has 0 amide bonds. The van der Waals surface area contributed by atoms with E-state index < -0.39 is 0 Å². The summed E-state index contributed by atoms with van der Waals surface area (Å²) in [7, 11) is 0. The smallest absolute Gasteiger partial charge is 0.302 e. The maximum absolute atomic E-state index is 11.0. The number of rotatable bonds is 15. The molecule has 0 saturated heterocycles. The van der Waals surface area contributed by atoms with Gasteiger partial charge in [-0.15, -0.1) is 0 Å². The van der Waals surface area contributed by atoms with Gasteiger partial charge in [-0.3, -0.25) is 9.59 Å². The largest absolute Gasteiger partial charge is 0.463 e. The minimum absolute atomic E-state index is 0.0385. The Morgan fingerprint density at radius 1 is 0.800 bits per heavy atom. The van der Waals surface area contributed by atoms with E-state index in [1.165, 1.54) is 26.7 Å². The van der Waals surface area contributed by atoms with Gasteiger partial charge in [0.15, 0.2) is 0 Å². The van der Waals surface area contributed by atoms with Gasteiger partial charge in [0.2, 0.25) is 0 Å². The number of hydrogen-bond acceptors (Lipinski definition) is 4. The van der Waals surface area contributed by atoms with Crippen LogP contribution in [0.3, 0.4) is 0 Å². The Hall–Kier alpha value is -1.32. The molecule has 0 bridgehead atoms. The third-order valence-electron chi connectivity index (χ3n) is 4.11. The molecule has 0 fully saturated rings. The summed E-state index contributed by atoms with van der Waals surface area (Å²) in [6.07, 6.45) is 16.6. The van der Waals surface area contributed by atoms with Gasteiger partial charge in [0.05, 0.1) is 6.10 Å². The standard InChI is InChI=1S/C21H38O4/c1-5-15-21(25-20(4)23)17-14-12-10-8-6-7-9-11-13-16-18(2)24-19(3)22/h6,8,18,21H,5,7,9-17H2,1-4H3/b8-6-/t18-,21-/m1/s1. The summed E-state index contributed by atoms with van der Waals surface area (Å²) in [6, 6.07) is 0. The van der Waals surface area contributed by atoms with Crippen molar-refractivity contribution < 1.29 is 19.1 Å². The normalized spacial score (nSPS) is 13.6. The fraction of sp³-hybridized carbons (Fsp3) is 0.810. The van der Waals surface area contributed by atoms with Gasteiger partial charge in [-0.2, -0.15) is 0 Å².